The van der Waals surface area contributed by atoms with Gasteiger partial charge in [-0.25, -0.2) is 0 Å². The molecule has 1 aromatic rings. The molecule has 0 spiro atoms. The number of nitrogens with one attached hydrogen (secondary N) is 2. The van der Waals surface area contributed by atoms with E-state index in [1.165, 1.54) is 0 Å². The highest BCUT2D eigenvalue weighted by Crippen LogP contribution is 2.26. The summed E-state index contributed by atoms with van der Waals surface area (Å²) in [6, 6.07) is 9.54. The zero-order valence-electron chi connectivity index (χ0n) is 11.3. The maximum atomic E-state index is 12.2. The van der Waals surface area contributed by atoms with E-state index in [2.05, 4.69) is 10.6 Å². The summed E-state index contributed by atoms with van der Waals surface area (Å²) >= 11 is 0. The molecule has 0 saturated carbocycles. The predicted octanol–water partition coefficient (Wildman–Crippen LogP) is 0.835. The van der Waals surface area contributed by atoms with Crippen molar-refractivity contribution in [1.82, 2.24) is 10.2 Å². The first-order valence-corrected chi connectivity index (χ1v) is 7.11. The van der Waals surface area contributed by atoms with Crippen molar-refractivity contribution in [1.29, 1.82) is 0 Å². The fourth-order valence-corrected chi connectivity index (χ4v) is 3.04. The van der Waals surface area contributed by atoms with Crippen molar-refractivity contribution >= 4 is 17.5 Å². The molecule has 2 amide bonds. The molecule has 0 bridgehead atoms. The SMILES string of the molecule is O=C(CN1CC2NCCCC2C1=O)Nc1ccccc1. The molecular weight excluding hydrogens is 254 g/mol. The van der Waals surface area contributed by atoms with Crippen molar-refractivity contribution in [3.8, 4) is 0 Å². The molecule has 5 heteroatoms. The number of benzene rings is 1. The predicted molar refractivity (Wildman–Crippen MR) is 76.2 cm³/mol. The Balaban J connectivity index is 1.58. The standard InChI is InChI=1S/C15H19N3O2/c19-14(17-11-5-2-1-3-6-11)10-18-9-13-12(15(18)20)7-4-8-16-13/h1-3,5-6,12-13,16H,4,7-10H2,(H,17,19). The van der Waals surface area contributed by atoms with Crippen molar-refractivity contribution in [2.75, 3.05) is 25.0 Å². The van der Waals surface area contributed by atoms with Gasteiger partial charge in [0, 0.05) is 18.3 Å². The summed E-state index contributed by atoms with van der Waals surface area (Å²) < 4.78 is 0. The first-order chi connectivity index (χ1) is 9.74. The fraction of sp³-hybridized carbons (Fsp3) is 0.467. The molecule has 1 aromatic carbocycles. The van der Waals surface area contributed by atoms with Gasteiger partial charge in [0.05, 0.1) is 12.5 Å². The maximum Gasteiger partial charge on any atom is 0.243 e. The lowest BCUT2D eigenvalue weighted by Gasteiger charge is -2.23. The van der Waals surface area contributed by atoms with Crippen LogP contribution in [0.1, 0.15) is 12.8 Å². The molecule has 20 heavy (non-hydrogen) atoms. The van der Waals surface area contributed by atoms with Gasteiger partial charge in [0.25, 0.3) is 0 Å². The molecule has 5 nitrogen and oxygen atoms in total. The van der Waals surface area contributed by atoms with Crippen molar-refractivity contribution in [3.05, 3.63) is 30.3 Å². The van der Waals surface area contributed by atoms with Gasteiger partial charge in [0.1, 0.15) is 0 Å². The van der Waals surface area contributed by atoms with Crippen LogP contribution in [-0.2, 0) is 9.59 Å². The highest BCUT2D eigenvalue weighted by atomic mass is 16.2. The molecule has 2 aliphatic heterocycles. The van der Waals surface area contributed by atoms with Crippen LogP contribution in [0.15, 0.2) is 30.3 Å². The number of carbonyl (C=O) groups excluding carboxylic acids is 2. The maximum absolute atomic E-state index is 12.2. The van der Waals surface area contributed by atoms with E-state index in [0.717, 1.165) is 25.1 Å². The van der Waals surface area contributed by atoms with Crippen LogP contribution in [-0.4, -0.2) is 42.4 Å². The Morgan fingerprint density at radius 1 is 1.35 bits per heavy atom. The third kappa shape index (κ3) is 2.67. The van der Waals surface area contributed by atoms with Crippen LogP contribution in [0.3, 0.4) is 0 Å². The largest absolute Gasteiger partial charge is 0.331 e. The molecule has 3 rings (SSSR count). The first kappa shape index (κ1) is 13.1. The average molecular weight is 273 g/mol. The van der Waals surface area contributed by atoms with Gasteiger partial charge in [-0.2, -0.15) is 0 Å². The fourth-order valence-electron chi connectivity index (χ4n) is 3.04. The van der Waals surface area contributed by atoms with Crippen LogP contribution in [0.4, 0.5) is 5.69 Å². The molecule has 2 heterocycles. The normalized spacial score (nSPS) is 25.4. The Labute approximate surface area is 118 Å². The van der Waals surface area contributed by atoms with Gasteiger partial charge in [0.15, 0.2) is 0 Å². The Hall–Kier alpha value is -1.88. The summed E-state index contributed by atoms with van der Waals surface area (Å²) in [5.74, 6) is 0.0434. The van der Waals surface area contributed by atoms with Gasteiger partial charge in [-0.1, -0.05) is 18.2 Å². The topological polar surface area (TPSA) is 61.4 Å². The number of nitrogens with zero attached hydrogens (tertiary/aromatic N) is 1. The van der Waals surface area contributed by atoms with Crippen molar-refractivity contribution < 1.29 is 9.59 Å². The van der Waals surface area contributed by atoms with Crippen LogP contribution >= 0.6 is 0 Å². The first-order valence-electron chi connectivity index (χ1n) is 7.11. The smallest absolute Gasteiger partial charge is 0.243 e. The number of piperidine rings is 1. The molecule has 2 unspecified atom stereocenters. The van der Waals surface area contributed by atoms with Gasteiger partial charge < -0.3 is 15.5 Å². The minimum absolute atomic E-state index is 0.0632. The highest BCUT2D eigenvalue weighted by molar-refractivity contribution is 5.95. The van der Waals surface area contributed by atoms with Gasteiger partial charge in [-0.15, -0.1) is 0 Å². The molecule has 2 aliphatic rings. The van der Waals surface area contributed by atoms with E-state index in [-0.39, 0.29) is 30.3 Å². The third-order valence-electron chi connectivity index (χ3n) is 4.02. The van der Waals surface area contributed by atoms with Gasteiger partial charge >= 0.3 is 0 Å². The van der Waals surface area contributed by atoms with Crippen LogP contribution in [0.2, 0.25) is 0 Å². The molecule has 0 aliphatic carbocycles. The molecule has 0 aromatic heterocycles. The summed E-state index contributed by atoms with van der Waals surface area (Å²) in [5.41, 5.74) is 0.764. The molecular formula is C15H19N3O2. The summed E-state index contributed by atoms with van der Waals surface area (Å²) in [6.07, 6.45) is 1.98. The molecule has 0 radical (unpaired) electrons. The minimum Gasteiger partial charge on any atom is -0.331 e. The lowest BCUT2D eigenvalue weighted by Crippen LogP contribution is -2.41. The Morgan fingerprint density at radius 2 is 2.15 bits per heavy atom. The van der Waals surface area contributed by atoms with E-state index in [1.54, 1.807) is 4.90 Å². The van der Waals surface area contributed by atoms with Crippen LogP contribution in [0, 0.1) is 5.92 Å². The monoisotopic (exact) mass is 273 g/mol. The number of hydrogen-bond acceptors (Lipinski definition) is 3. The van der Waals surface area contributed by atoms with Gasteiger partial charge in [0.2, 0.25) is 11.8 Å². The van der Waals surface area contributed by atoms with E-state index >= 15 is 0 Å². The Morgan fingerprint density at radius 3 is 2.90 bits per heavy atom. The summed E-state index contributed by atoms with van der Waals surface area (Å²) in [5, 5.41) is 6.19. The summed E-state index contributed by atoms with van der Waals surface area (Å²) in [4.78, 5) is 25.9. The van der Waals surface area contributed by atoms with Crippen LogP contribution in [0.25, 0.3) is 0 Å². The Kier molecular flexibility index (Phi) is 3.69. The third-order valence-corrected chi connectivity index (χ3v) is 4.02. The van der Waals surface area contributed by atoms with E-state index in [9.17, 15) is 9.59 Å². The minimum atomic E-state index is -0.136. The molecule has 106 valence electrons. The van der Waals surface area contributed by atoms with Crippen molar-refractivity contribution in [2.24, 2.45) is 5.92 Å². The van der Waals surface area contributed by atoms with E-state index in [0.29, 0.717) is 6.54 Å². The number of fused-ring (bicyclic) bond motifs is 1. The lowest BCUT2D eigenvalue weighted by molar-refractivity contribution is -0.134. The number of rotatable bonds is 3. The van der Waals surface area contributed by atoms with E-state index in [4.69, 9.17) is 0 Å². The number of amides is 2. The number of para-hydroxylation sites is 1. The number of hydrogen-bond donors (Lipinski definition) is 2. The number of likely N-dealkylation sites (tertiary alicyclic amines) is 1. The number of anilines is 1. The quantitative estimate of drug-likeness (QED) is 0.857. The molecule has 2 N–H and O–H groups in total. The summed E-state index contributed by atoms with van der Waals surface area (Å²) in [6.45, 7) is 1.76. The van der Waals surface area contributed by atoms with Gasteiger partial charge in [-0.05, 0) is 31.5 Å². The molecule has 2 fully saturated rings. The average Bonchev–Trinajstić information content (AvgIpc) is 2.77. The van der Waals surface area contributed by atoms with E-state index in [1.807, 2.05) is 30.3 Å². The number of carbonyl (C=O) groups is 2. The second-order valence-corrected chi connectivity index (χ2v) is 5.44. The molecule has 2 saturated heterocycles. The lowest BCUT2D eigenvalue weighted by atomic mass is 9.94. The molecule has 2 atom stereocenters. The highest BCUT2D eigenvalue weighted by Gasteiger charge is 2.41. The summed E-state index contributed by atoms with van der Waals surface area (Å²) in [7, 11) is 0. The van der Waals surface area contributed by atoms with Gasteiger partial charge in [-0.3, -0.25) is 9.59 Å². The second-order valence-electron chi connectivity index (χ2n) is 5.44. The Bertz CT molecular complexity index is 503. The zero-order valence-corrected chi connectivity index (χ0v) is 11.3. The van der Waals surface area contributed by atoms with Crippen molar-refractivity contribution in [2.45, 2.75) is 18.9 Å². The van der Waals surface area contributed by atoms with Crippen LogP contribution < -0.4 is 10.6 Å². The van der Waals surface area contributed by atoms with E-state index < -0.39 is 0 Å². The second kappa shape index (κ2) is 5.63. The zero-order chi connectivity index (χ0) is 13.9. The van der Waals surface area contributed by atoms with Crippen LogP contribution in [0.5, 0.6) is 0 Å². The van der Waals surface area contributed by atoms with Crippen molar-refractivity contribution in [3.63, 3.8) is 0 Å².